The topological polar surface area (TPSA) is 66.6 Å². The van der Waals surface area contributed by atoms with Crippen molar-refractivity contribution >= 4 is 17.3 Å². The van der Waals surface area contributed by atoms with Crippen LogP contribution in [0.1, 0.15) is 36.0 Å². The number of fused-ring (bicyclic) bond motifs is 2. The minimum atomic E-state index is -1.12. The van der Waals surface area contributed by atoms with Crippen molar-refractivity contribution in [3.05, 3.63) is 23.5 Å². The number of carbonyl (C=O) groups is 1. The van der Waals surface area contributed by atoms with Crippen molar-refractivity contribution in [2.45, 2.75) is 25.7 Å². The maximum atomic E-state index is 14.1. The maximum Gasteiger partial charge on any atom is 0.337 e. The Hall–Kier alpha value is -1.78. The zero-order valence-corrected chi connectivity index (χ0v) is 12.2. The van der Waals surface area contributed by atoms with Gasteiger partial charge in [0.2, 0.25) is 0 Å². The van der Waals surface area contributed by atoms with Crippen molar-refractivity contribution in [2.24, 2.45) is 17.8 Å². The number of rotatable bonds is 4. The summed E-state index contributed by atoms with van der Waals surface area (Å²) >= 11 is 0. The Bertz CT molecular complexity index is 576. The Morgan fingerprint density at radius 2 is 2.19 bits per heavy atom. The molecule has 3 atom stereocenters. The van der Waals surface area contributed by atoms with Gasteiger partial charge in [-0.15, -0.1) is 0 Å². The minimum absolute atomic E-state index is 0.0305. The van der Waals surface area contributed by atoms with Crippen molar-refractivity contribution in [3.8, 4) is 0 Å². The minimum Gasteiger partial charge on any atom is -0.478 e. The average molecular weight is 292 g/mol. The highest BCUT2D eigenvalue weighted by molar-refractivity contribution is 5.95. The monoisotopic (exact) mass is 292 g/mol. The summed E-state index contributed by atoms with van der Waals surface area (Å²) in [5.41, 5.74) is 5.82. The van der Waals surface area contributed by atoms with Gasteiger partial charge in [-0.1, -0.05) is 6.42 Å². The lowest BCUT2D eigenvalue weighted by molar-refractivity contribution is 0.0698. The van der Waals surface area contributed by atoms with E-state index in [9.17, 15) is 9.18 Å². The largest absolute Gasteiger partial charge is 0.478 e. The number of nitrogen functional groups attached to an aromatic ring is 1. The number of nitrogens with zero attached hydrogens (tertiary/aromatic N) is 1. The van der Waals surface area contributed by atoms with E-state index in [2.05, 4.69) is 0 Å². The normalized spacial score (nSPS) is 27.0. The number of benzene rings is 1. The highest BCUT2D eigenvalue weighted by atomic mass is 19.1. The standard InChI is InChI=1S/C16H21FN2O2/c1-19(8-11-5-9-2-3-10(11)4-9)15-6-12(16(20)21)14(18)7-13(15)17/h6-7,9-11H,2-5,8,18H2,1H3,(H,20,21). The third kappa shape index (κ3) is 2.57. The molecular weight excluding hydrogens is 271 g/mol. The van der Waals surface area contributed by atoms with E-state index in [1.54, 1.807) is 0 Å². The van der Waals surface area contributed by atoms with E-state index in [1.165, 1.54) is 31.7 Å². The summed E-state index contributed by atoms with van der Waals surface area (Å²) in [5.74, 6) is 0.622. The number of anilines is 2. The lowest BCUT2D eigenvalue weighted by Crippen LogP contribution is -2.29. The Morgan fingerprint density at radius 3 is 2.76 bits per heavy atom. The fourth-order valence-corrected chi connectivity index (χ4v) is 4.11. The highest BCUT2D eigenvalue weighted by Gasteiger charge is 2.39. The molecule has 114 valence electrons. The van der Waals surface area contributed by atoms with Crippen LogP contribution >= 0.6 is 0 Å². The molecule has 0 aromatic heterocycles. The fraction of sp³-hybridized carbons (Fsp3) is 0.562. The molecule has 0 saturated heterocycles. The Kier molecular flexibility index (Phi) is 3.51. The maximum absolute atomic E-state index is 14.1. The van der Waals surface area contributed by atoms with Crippen LogP contribution in [0.4, 0.5) is 15.8 Å². The van der Waals surface area contributed by atoms with E-state index in [0.29, 0.717) is 11.6 Å². The summed E-state index contributed by atoms with van der Waals surface area (Å²) in [7, 11) is 1.83. The Morgan fingerprint density at radius 1 is 1.43 bits per heavy atom. The van der Waals surface area contributed by atoms with Crippen molar-refractivity contribution in [2.75, 3.05) is 24.2 Å². The molecule has 2 fully saturated rings. The van der Waals surface area contributed by atoms with Gasteiger partial charge in [0, 0.05) is 19.3 Å². The van der Waals surface area contributed by atoms with Gasteiger partial charge in [-0.05, 0) is 49.1 Å². The predicted octanol–water partition coefficient (Wildman–Crippen LogP) is 2.98. The molecule has 2 saturated carbocycles. The number of nitrogens with two attached hydrogens (primary N) is 1. The third-order valence-corrected chi connectivity index (χ3v) is 5.15. The van der Waals surface area contributed by atoms with Gasteiger partial charge in [0.05, 0.1) is 11.3 Å². The second kappa shape index (κ2) is 5.20. The van der Waals surface area contributed by atoms with Gasteiger partial charge < -0.3 is 15.7 Å². The SMILES string of the molecule is CN(CC1CC2CCC1C2)c1cc(C(=O)O)c(N)cc1F. The first kappa shape index (κ1) is 14.2. The first-order valence-corrected chi connectivity index (χ1v) is 7.49. The number of carboxylic acid groups (broad SMARTS) is 1. The zero-order chi connectivity index (χ0) is 15.1. The summed E-state index contributed by atoms with van der Waals surface area (Å²) in [6.07, 6.45) is 5.15. The van der Waals surface area contributed by atoms with Gasteiger partial charge in [-0.3, -0.25) is 0 Å². The first-order valence-electron chi connectivity index (χ1n) is 7.49. The number of hydrogen-bond acceptors (Lipinski definition) is 3. The summed E-state index contributed by atoms with van der Waals surface area (Å²) in [5, 5.41) is 9.11. The van der Waals surface area contributed by atoms with Gasteiger partial charge in [0.1, 0.15) is 5.82 Å². The quantitative estimate of drug-likeness (QED) is 0.837. The molecule has 1 aromatic carbocycles. The van der Waals surface area contributed by atoms with Crippen molar-refractivity contribution < 1.29 is 14.3 Å². The number of halogens is 1. The lowest BCUT2D eigenvalue weighted by atomic mass is 9.88. The van der Waals surface area contributed by atoms with E-state index in [0.717, 1.165) is 24.4 Å². The van der Waals surface area contributed by atoms with Crippen LogP contribution in [-0.4, -0.2) is 24.7 Å². The smallest absolute Gasteiger partial charge is 0.337 e. The molecule has 21 heavy (non-hydrogen) atoms. The molecule has 3 N–H and O–H groups in total. The van der Waals surface area contributed by atoms with Crippen LogP contribution in [0.5, 0.6) is 0 Å². The van der Waals surface area contributed by atoms with Gasteiger partial charge in [-0.2, -0.15) is 0 Å². The van der Waals surface area contributed by atoms with Crippen LogP contribution in [0.15, 0.2) is 12.1 Å². The van der Waals surface area contributed by atoms with Crippen LogP contribution < -0.4 is 10.6 Å². The summed E-state index contributed by atoms with van der Waals surface area (Å²) in [6, 6.07) is 2.45. The van der Waals surface area contributed by atoms with Gasteiger partial charge >= 0.3 is 5.97 Å². The second-order valence-corrected chi connectivity index (χ2v) is 6.51. The number of aromatic carboxylic acids is 1. The first-order chi connectivity index (χ1) is 9.95. The summed E-state index contributed by atoms with van der Waals surface area (Å²) in [4.78, 5) is 13.0. The molecule has 1 aromatic rings. The molecule has 3 rings (SSSR count). The Labute approximate surface area is 123 Å². The third-order valence-electron chi connectivity index (χ3n) is 5.15. The molecule has 0 amide bonds. The second-order valence-electron chi connectivity index (χ2n) is 6.51. The van der Waals surface area contributed by atoms with Crippen LogP contribution in [-0.2, 0) is 0 Å². The van der Waals surface area contributed by atoms with E-state index < -0.39 is 11.8 Å². The van der Waals surface area contributed by atoms with Crippen LogP contribution in [0.2, 0.25) is 0 Å². The van der Waals surface area contributed by atoms with Crippen LogP contribution in [0, 0.1) is 23.6 Å². The molecule has 3 unspecified atom stereocenters. The van der Waals surface area contributed by atoms with Crippen LogP contribution in [0.3, 0.4) is 0 Å². The van der Waals surface area contributed by atoms with Gasteiger partial charge in [-0.25, -0.2) is 9.18 Å². The van der Waals surface area contributed by atoms with Crippen molar-refractivity contribution in [1.82, 2.24) is 0 Å². The zero-order valence-electron chi connectivity index (χ0n) is 12.2. The summed E-state index contributed by atoms with van der Waals surface area (Å²) < 4.78 is 14.1. The predicted molar refractivity (Wildman–Crippen MR) is 80.0 cm³/mol. The van der Waals surface area contributed by atoms with E-state index >= 15 is 0 Å². The molecular formula is C16H21FN2O2. The lowest BCUT2D eigenvalue weighted by Gasteiger charge is -2.29. The molecule has 5 heteroatoms. The van der Waals surface area contributed by atoms with E-state index in [1.807, 2.05) is 11.9 Å². The summed E-state index contributed by atoms with van der Waals surface area (Å²) in [6.45, 7) is 0.779. The number of carboxylic acids is 1. The van der Waals surface area contributed by atoms with E-state index in [-0.39, 0.29) is 11.3 Å². The Balaban J connectivity index is 1.79. The fourth-order valence-electron chi connectivity index (χ4n) is 4.11. The molecule has 0 heterocycles. The average Bonchev–Trinajstić information content (AvgIpc) is 3.00. The van der Waals surface area contributed by atoms with Gasteiger partial charge in [0.25, 0.3) is 0 Å². The molecule has 0 radical (unpaired) electrons. The number of hydrogen-bond donors (Lipinski definition) is 2. The highest BCUT2D eigenvalue weighted by Crippen LogP contribution is 2.48. The van der Waals surface area contributed by atoms with Crippen molar-refractivity contribution in [3.63, 3.8) is 0 Å². The van der Waals surface area contributed by atoms with Crippen molar-refractivity contribution in [1.29, 1.82) is 0 Å². The molecule has 2 bridgehead atoms. The van der Waals surface area contributed by atoms with Crippen LogP contribution in [0.25, 0.3) is 0 Å². The van der Waals surface area contributed by atoms with E-state index in [4.69, 9.17) is 10.8 Å². The molecule has 4 nitrogen and oxygen atoms in total. The molecule has 2 aliphatic carbocycles. The molecule has 0 aliphatic heterocycles. The molecule has 2 aliphatic rings. The molecule has 0 spiro atoms. The van der Waals surface area contributed by atoms with Gasteiger partial charge in [0.15, 0.2) is 0 Å².